The second-order valence-corrected chi connectivity index (χ2v) is 7.89. The summed E-state index contributed by atoms with van der Waals surface area (Å²) in [5.41, 5.74) is 0. The van der Waals surface area contributed by atoms with Crippen molar-refractivity contribution in [1.29, 1.82) is 0 Å². The molecule has 0 aromatic rings. The number of ether oxygens (including phenoxy) is 1. The quantitative estimate of drug-likeness (QED) is 0.553. The monoisotopic (exact) mass is 332 g/mol. The Kier molecular flexibility index (Phi) is 6.91. The Morgan fingerprint density at radius 3 is 2.55 bits per heavy atom. The van der Waals surface area contributed by atoms with Gasteiger partial charge in [0.05, 0.1) is 19.0 Å². The van der Waals surface area contributed by atoms with Crippen molar-refractivity contribution in [3.05, 3.63) is 0 Å². The molecule has 1 aliphatic carbocycles. The molecule has 0 unspecified atom stereocenters. The average molecular weight is 332 g/mol. The summed E-state index contributed by atoms with van der Waals surface area (Å²) in [6.07, 6.45) is 6.13. The van der Waals surface area contributed by atoms with E-state index in [1.165, 1.54) is 23.6 Å². The molecule has 0 spiro atoms. The molecule has 2 fully saturated rings. The third-order valence-electron chi connectivity index (χ3n) is 4.19. The summed E-state index contributed by atoms with van der Waals surface area (Å²) in [6, 6.07) is 0.454. The number of aliphatic imine (C=N–C) groups is 1. The molecule has 1 saturated carbocycles. The van der Waals surface area contributed by atoms with E-state index >= 15 is 0 Å². The Hall–Kier alpha value is -0.860. The minimum atomic E-state index is -3.21. The predicted molar refractivity (Wildman–Crippen MR) is 87.5 cm³/mol. The second-order valence-electron chi connectivity index (χ2n) is 5.81. The van der Waals surface area contributed by atoms with E-state index in [2.05, 4.69) is 15.6 Å². The number of guanidine groups is 1. The van der Waals surface area contributed by atoms with E-state index in [0.29, 0.717) is 44.8 Å². The third kappa shape index (κ3) is 5.40. The van der Waals surface area contributed by atoms with Crippen molar-refractivity contribution in [2.24, 2.45) is 4.99 Å². The summed E-state index contributed by atoms with van der Waals surface area (Å²) in [4.78, 5) is 4.18. The first-order valence-corrected chi connectivity index (χ1v) is 9.75. The molecular formula is C14H28N4O3S. The Morgan fingerprint density at radius 1 is 1.23 bits per heavy atom. The SMILES string of the molecule is CN=C(NCCS(=O)(=O)N1CCOCC1)NC1CCCCC1. The molecule has 2 N–H and O–H groups in total. The molecule has 2 rings (SSSR count). The van der Waals surface area contributed by atoms with Gasteiger partial charge >= 0.3 is 0 Å². The van der Waals surface area contributed by atoms with Crippen LogP contribution >= 0.6 is 0 Å². The summed E-state index contributed by atoms with van der Waals surface area (Å²) in [6.45, 7) is 2.25. The van der Waals surface area contributed by atoms with Crippen LogP contribution in [0.2, 0.25) is 0 Å². The van der Waals surface area contributed by atoms with Crippen molar-refractivity contribution >= 4 is 16.0 Å². The fourth-order valence-corrected chi connectivity index (χ4v) is 4.21. The summed E-state index contributed by atoms with van der Waals surface area (Å²) in [5.74, 6) is 0.780. The standard InChI is InChI=1S/C14H28N4O3S/c1-15-14(17-13-5-3-2-4-6-13)16-7-12-22(19,20)18-8-10-21-11-9-18/h13H,2-12H2,1H3,(H2,15,16,17). The first-order chi connectivity index (χ1) is 10.6. The van der Waals surface area contributed by atoms with E-state index in [4.69, 9.17) is 4.74 Å². The maximum Gasteiger partial charge on any atom is 0.215 e. The molecule has 0 radical (unpaired) electrons. The van der Waals surface area contributed by atoms with Gasteiger partial charge in [-0.1, -0.05) is 19.3 Å². The number of hydrogen-bond donors (Lipinski definition) is 2. The first-order valence-electron chi connectivity index (χ1n) is 8.14. The highest BCUT2D eigenvalue weighted by atomic mass is 32.2. The van der Waals surface area contributed by atoms with Gasteiger partial charge in [0.2, 0.25) is 10.0 Å². The number of morpholine rings is 1. The van der Waals surface area contributed by atoms with Crippen LogP contribution in [0, 0.1) is 0 Å². The first kappa shape index (κ1) is 17.5. The molecule has 8 heteroatoms. The van der Waals surface area contributed by atoms with Crippen LogP contribution in [-0.2, 0) is 14.8 Å². The summed E-state index contributed by atoms with van der Waals surface area (Å²) in [7, 11) is -1.50. The van der Waals surface area contributed by atoms with E-state index < -0.39 is 10.0 Å². The number of nitrogens with zero attached hydrogens (tertiary/aromatic N) is 2. The van der Waals surface area contributed by atoms with Gasteiger partial charge in [0, 0.05) is 32.7 Å². The molecular weight excluding hydrogens is 304 g/mol. The lowest BCUT2D eigenvalue weighted by Crippen LogP contribution is -2.47. The molecule has 0 aromatic heterocycles. The van der Waals surface area contributed by atoms with Gasteiger partial charge in [-0.3, -0.25) is 4.99 Å². The molecule has 128 valence electrons. The summed E-state index contributed by atoms with van der Waals surface area (Å²) < 4.78 is 31.1. The van der Waals surface area contributed by atoms with Crippen LogP contribution in [0.4, 0.5) is 0 Å². The molecule has 7 nitrogen and oxygen atoms in total. The Balaban J connectivity index is 1.73. The fourth-order valence-electron chi connectivity index (χ4n) is 2.89. The lowest BCUT2D eigenvalue weighted by molar-refractivity contribution is 0.0730. The van der Waals surface area contributed by atoms with Gasteiger partial charge < -0.3 is 15.4 Å². The highest BCUT2D eigenvalue weighted by molar-refractivity contribution is 7.89. The predicted octanol–water partition coefficient (Wildman–Crippen LogP) is 0.146. The van der Waals surface area contributed by atoms with Crippen molar-refractivity contribution < 1.29 is 13.2 Å². The number of sulfonamides is 1. The Labute approximate surface area is 133 Å². The fraction of sp³-hybridized carbons (Fsp3) is 0.929. The molecule has 1 heterocycles. The van der Waals surface area contributed by atoms with Crippen LogP contribution in [0.5, 0.6) is 0 Å². The van der Waals surface area contributed by atoms with Crippen LogP contribution in [-0.4, -0.2) is 70.4 Å². The smallest absolute Gasteiger partial charge is 0.215 e. The molecule has 1 saturated heterocycles. The van der Waals surface area contributed by atoms with Crippen LogP contribution in [0.1, 0.15) is 32.1 Å². The number of nitrogens with one attached hydrogen (secondary N) is 2. The van der Waals surface area contributed by atoms with Gasteiger partial charge in [0.25, 0.3) is 0 Å². The van der Waals surface area contributed by atoms with Crippen LogP contribution in [0.15, 0.2) is 4.99 Å². The van der Waals surface area contributed by atoms with Gasteiger partial charge in [-0.15, -0.1) is 0 Å². The van der Waals surface area contributed by atoms with Crippen LogP contribution in [0.25, 0.3) is 0 Å². The summed E-state index contributed by atoms with van der Waals surface area (Å²) >= 11 is 0. The van der Waals surface area contributed by atoms with Crippen molar-refractivity contribution in [2.75, 3.05) is 45.6 Å². The molecule has 0 bridgehead atoms. The van der Waals surface area contributed by atoms with Gasteiger partial charge in [-0.25, -0.2) is 8.42 Å². The number of rotatable bonds is 5. The van der Waals surface area contributed by atoms with Crippen LogP contribution < -0.4 is 10.6 Å². The lowest BCUT2D eigenvalue weighted by Gasteiger charge is -2.27. The van der Waals surface area contributed by atoms with Gasteiger partial charge in [0.15, 0.2) is 5.96 Å². The topological polar surface area (TPSA) is 83.0 Å². The van der Waals surface area contributed by atoms with E-state index in [0.717, 1.165) is 12.8 Å². The van der Waals surface area contributed by atoms with Gasteiger partial charge in [-0.05, 0) is 12.8 Å². The number of hydrogen-bond acceptors (Lipinski definition) is 4. The Bertz CT molecular complexity index is 455. The molecule has 1 aliphatic heterocycles. The largest absolute Gasteiger partial charge is 0.379 e. The molecule has 0 aromatic carbocycles. The Morgan fingerprint density at radius 2 is 1.91 bits per heavy atom. The molecule has 2 aliphatic rings. The normalized spacial score (nSPS) is 22.5. The van der Waals surface area contributed by atoms with Gasteiger partial charge in [0.1, 0.15) is 0 Å². The van der Waals surface area contributed by atoms with E-state index in [1.54, 1.807) is 7.05 Å². The zero-order chi connectivity index (χ0) is 15.8. The summed E-state index contributed by atoms with van der Waals surface area (Å²) in [5, 5.41) is 6.50. The van der Waals surface area contributed by atoms with E-state index in [1.807, 2.05) is 0 Å². The minimum Gasteiger partial charge on any atom is -0.379 e. The minimum absolute atomic E-state index is 0.0817. The third-order valence-corrected chi connectivity index (χ3v) is 6.06. The maximum atomic E-state index is 12.2. The molecule has 0 amide bonds. The zero-order valence-corrected chi connectivity index (χ0v) is 14.2. The highest BCUT2D eigenvalue weighted by Crippen LogP contribution is 2.17. The van der Waals surface area contributed by atoms with Crippen molar-refractivity contribution in [1.82, 2.24) is 14.9 Å². The maximum absolute atomic E-state index is 12.2. The zero-order valence-electron chi connectivity index (χ0n) is 13.4. The second kappa shape index (κ2) is 8.69. The van der Waals surface area contributed by atoms with Crippen LogP contribution in [0.3, 0.4) is 0 Å². The average Bonchev–Trinajstić information content (AvgIpc) is 2.55. The molecule has 22 heavy (non-hydrogen) atoms. The van der Waals surface area contributed by atoms with Crippen molar-refractivity contribution in [3.8, 4) is 0 Å². The lowest BCUT2D eigenvalue weighted by atomic mass is 9.96. The van der Waals surface area contributed by atoms with E-state index in [9.17, 15) is 8.42 Å². The molecule has 0 atom stereocenters. The van der Waals surface area contributed by atoms with Gasteiger partial charge in [-0.2, -0.15) is 4.31 Å². The van der Waals surface area contributed by atoms with Crippen molar-refractivity contribution in [3.63, 3.8) is 0 Å². The van der Waals surface area contributed by atoms with E-state index in [-0.39, 0.29) is 5.75 Å². The van der Waals surface area contributed by atoms with Crippen molar-refractivity contribution in [2.45, 2.75) is 38.1 Å². The highest BCUT2D eigenvalue weighted by Gasteiger charge is 2.24.